The topological polar surface area (TPSA) is 12.0 Å². The van der Waals surface area contributed by atoms with E-state index in [1.165, 1.54) is 5.56 Å². The lowest BCUT2D eigenvalue weighted by Gasteiger charge is -2.01. The van der Waals surface area contributed by atoms with Crippen molar-refractivity contribution in [3.05, 3.63) is 47.0 Å². The smallest absolute Gasteiger partial charge is 0.0208 e. The van der Waals surface area contributed by atoms with Gasteiger partial charge in [-0.2, -0.15) is 0 Å². The molecule has 0 aromatic heterocycles. The van der Waals surface area contributed by atoms with Crippen LogP contribution in [0, 0.1) is 0 Å². The van der Waals surface area contributed by atoms with Gasteiger partial charge in [-0.3, -0.25) is 0 Å². The molecule has 0 atom stereocenters. The van der Waals surface area contributed by atoms with Crippen molar-refractivity contribution < 1.29 is 0 Å². The Balaban J connectivity index is 2.25. The molecule has 70 valence electrons. The molecule has 0 unspecified atom stereocenters. The summed E-state index contributed by atoms with van der Waals surface area (Å²) in [4.78, 5) is 0. The third-order valence-corrected chi connectivity index (χ3v) is 1.85. The van der Waals surface area contributed by atoms with E-state index in [4.69, 9.17) is 11.6 Å². The van der Waals surface area contributed by atoms with Crippen molar-refractivity contribution in [3.8, 4) is 0 Å². The standard InChI is InChI=1S/C11H14ClN/c1-10(12)7-8-13-9-11-5-3-2-4-6-11/h2-7,13H,8-9H2,1H3/b10-7+. The molecule has 0 bridgehead atoms. The van der Waals surface area contributed by atoms with Gasteiger partial charge in [-0.25, -0.2) is 0 Å². The van der Waals surface area contributed by atoms with Gasteiger partial charge in [-0.1, -0.05) is 48.0 Å². The molecule has 0 heterocycles. The monoisotopic (exact) mass is 195 g/mol. The second kappa shape index (κ2) is 5.79. The first kappa shape index (κ1) is 10.3. The van der Waals surface area contributed by atoms with E-state index >= 15 is 0 Å². The Kier molecular flexibility index (Phi) is 4.58. The van der Waals surface area contributed by atoms with Gasteiger partial charge in [0, 0.05) is 18.1 Å². The molecule has 0 radical (unpaired) electrons. The van der Waals surface area contributed by atoms with Crippen LogP contribution in [0.2, 0.25) is 0 Å². The zero-order valence-electron chi connectivity index (χ0n) is 7.76. The Labute approximate surface area is 84.4 Å². The Bertz CT molecular complexity index is 263. The predicted octanol–water partition coefficient (Wildman–Crippen LogP) is 2.92. The summed E-state index contributed by atoms with van der Waals surface area (Å²) in [6.45, 7) is 3.59. The van der Waals surface area contributed by atoms with Gasteiger partial charge in [0.2, 0.25) is 0 Å². The van der Waals surface area contributed by atoms with Gasteiger partial charge < -0.3 is 5.32 Å². The maximum Gasteiger partial charge on any atom is 0.0208 e. The molecule has 0 aliphatic carbocycles. The van der Waals surface area contributed by atoms with E-state index < -0.39 is 0 Å². The number of nitrogens with one attached hydrogen (secondary N) is 1. The average Bonchev–Trinajstić information content (AvgIpc) is 2.14. The van der Waals surface area contributed by atoms with E-state index in [0.29, 0.717) is 0 Å². The van der Waals surface area contributed by atoms with E-state index in [9.17, 15) is 0 Å². The zero-order valence-corrected chi connectivity index (χ0v) is 8.51. The molecule has 1 N–H and O–H groups in total. The van der Waals surface area contributed by atoms with E-state index in [0.717, 1.165) is 18.1 Å². The molecule has 1 rings (SSSR count). The minimum absolute atomic E-state index is 0.824. The van der Waals surface area contributed by atoms with E-state index in [-0.39, 0.29) is 0 Å². The molecule has 1 aromatic rings. The molecule has 0 aliphatic rings. The van der Waals surface area contributed by atoms with Crippen LogP contribution in [0.25, 0.3) is 0 Å². The van der Waals surface area contributed by atoms with Crippen molar-refractivity contribution in [1.29, 1.82) is 0 Å². The van der Waals surface area contributed by atoms with Crippen LogP contribution in [0.5, 0.6) is 0 Å². The van der Waals surface area contributed by atoms with E-state index in [1.807, 2.05) is 31.2 Å². The lowest BCUT2D eigenvalue weighted by molar-refractivity contribution is 0.759. The Hall–Kier alpha value is -0.790. The molecule has 0 aliphatic heterocycles. The summed E-state index contributed by atoms with van der Waals surface area (Å²) < 4.78 is 0. The van der Waals surface area contributed by atoms with Gasteiger partial charge in [0.15, 0.2) is 0 Å². The van der Waals surface area contributed by atoms with Crippen LogP contribution < -0.4 is 5.32 Å². The Morgan fingerprint density at radius 1 is 1.38 bits per heavy atom. The quantitative estimate of drug-likeness (QED) is 0.729. The first-order chi connectivity index (χ1) is 6.29. The number of hydrogen-bond donors (Lipinski definition) is 1. The average molecular weight is 196 g/mol. The maximum atomic E-state index is 5.68. The summed E-state index contributed by atoms with van der Waals surface area (Å²) >= 11 is 5.68. The van der Waals surface area contributed by atoms with Gasteiger partial charge in [-0.05, 0) is 12.5 Å². The first-order valence-electron chi connectivity index (χ1n) is 4.36. The second-order valence-corrected chi connectivity index (χ2v) is 3.50. The number of allylic oxidation sites excluding steroid dienone is 1. The number of rotatable bonds is 4. The second-order valence-electron chi connectivity index (χ2n) is 2.91. The summed E-state index contributed by atoms with van der Waals surface area (Å²) in [6, 6.07) is 10.3. The van der Waals surface area contributed by atoms with Gasteiger partial charge in [0.1, 0.15) is 0 Å². The van der Waals surface area contributed by atoms with Gasteiger partial charge in [0.25, 0.3) is 0 Å². The van der Waals surface area contributed by atoms with Crippen molar-refractivity contribution in [2.45, 2.75) is 13.5 Å². The van der Waals surface area contributed by atoms with Crippen LogP contribution in [0.4, 0.5) is 0 Å². The van der Waals surface area contributed by atoms with Crippen LogP contribution in [0.15, 0.2) is 41.4 Å². The van der Waals surface area contributed by atoms with Crippen LogP contribution in [0.1, 0.15) is 12.5 Å². The van der Waals surface area contributed by atoms with E-state index in [2.05, 4.69) is 17.4 Å². The van der Waals surface area contributed by atoms with Gasteiger partial charge >= 0.3 is 0 Å². The number of halogens is 1. The van der Waals surface area contributed by atoms with Crippen LogP contribution in [-0.2, 0) is 6.54 Å². The Morgan fingerprint density at radius 3 is 2.69 bits per heavy atom. The van der Waals surface area contributed by atoms with Gasteiger partial charge in [-0.15, -0.1) is 0 Å². The molecule has 1 nitrogen and oxygen atoms in total. The minimum Gasteiger partial charge on any atom is -0.309 e. The molecule has 0 saturated carbocycles. The van der Waals surface area contributed by atoms with Crippen LogP contribution >= 0.6 is 11.6 Å². The molecule has 0 amide bonds. The van der Waals surface area contributed by atoms with Crippen molar-refractivity contribution in [2.75, 3.05) is 6.54 Å². The van der Waals surface area contributed by atoms with Crippen molar-refractivity contribution in [1.82, 2.24) is 5.32 Å². The largest absolute Gasteiger partial charge is 0.309 e. The molecular formula is C11H14ClN. The number of hydrogen-bond acceptors (Lipinski definition) is 1. The molecule has 0 fully saturated rings. The van der Waals surface area contributed by atoms with Crippen molar-refractivity contribution in [2.24, 2.45) is 0 Å². The summed E-state index contributed by atoms with van der Waals surface area (Å²) in [7, 11) is 0. The summed E-state index contributed by atoms with van der Waals surface area (Å²) in [6.07, 6.45) is 1.96. The maximum absolute atomic E-state index is 5.68. The lowest BCUT2D eigenvalue weighted by Crippen LogP contribution is -2.12. The van der Waals surface area contributed by atoms with Crippen LogP contribution in [0.3, 0.4) is 0 Å². The van der Waals surface area contributed by atoms with Crippen molar-refractivity contribution >= 4 is 11.6 Å². The van der Waals surface area contributed by atoms with Gasteiger partial charge in [0.05, 0.1) is 0 Å². The zero-order chi connectivity index (χ0) is 9.52. The highest BCUT2D eigenvalue weighted by atomic mass is 35.5. The molecule has 1 aromatic carbocycles. The fourth-order valence-corrected chi connectivity index (χ4v) is 1.10. The highest BCUT2D eigenvalue weighted by Gasteiger charge is 1.88. The molecule has 2 heteroatoms. The fourth-order valence-electron chi connectivity index (χ4n) is 1.03. The molecule has 0 saturated heterocycles. The van der Waals surface area contributed by atoms with Crippen LogP contribution in [-0.4, -0.2) is 6.54 Å². The van der Waals surface area contributed by atoms with E-state index in [1.54, 1.807) is 0 Å². The first-order valence-corrected chi connectivity index (χ1v) is 4.74. The highest BCUT2D eigenvalue weighted by molar-refractivity contribution is 6.29. The minimum atomic E-state index is 0.824. The third kappa shape index (κ3) is 4.71. The lowest BCUT2D eigenvalue weighted by atomic mass is 10.2. The fraction of sp³-hybridized carbons (Fsp3) is 0.273. The third-order valence-electron chi connectivity index (χ3n) is 1.70. The van der Waals surface area contributed by atoms with Crippen molar-refractivity contribution in [3.63, 3.8) is 0 Å². The molecular weight excluding hydrogens is 182 g/mol. The highest BCUT2D eigenvalue weighted by Crippen LogP contribution is 1.98. The summed E-state index contributed by atoms with van der Waals surface area (Å²) in [5, 5.41) is 4.11. The number of benzene rings is 1. The predicted molar refractivity (Wildman–Crippen MR) is 57.8 cm³/mol. The molecule has 13 heavy (non-hydrogen) atoms. The summed E-state index contributed by atoms with van der Waals surface area (Å²) in [5.74, 6) is 0. The molecule has 0 spiro atoms. The summed E-state index contributed by atoms with van der Waals surface area (Å²) in [5.41, 5.74) is 1.29. The normalized spacial score (nSPS) is 11.7. The SMILES string of the molecule is C/C(Cl)=C\CNCc1ccccc1. The Morgan fingerprint density at radius 2 is 2.08 bits per heavy atom.